The molecule has 2 heterocycles. The normalized spacial score (nSPS) is 19.5. The Balaban J connectivity index is 1.90. The van der Waals surface area contributed by atoms with Crippen molar-refractivity contribution in [1.29, 1.82) is 0 Å². The zero-order valence-corrected chi connectivity index (χ0v) is 14.0. The van der Waals surface area contributed by atoms with Crippen LogP contribution in [0.25, 0.3) is 11.4 Å². The van der Waals surface area contributed by atoms with Gasteiger partial charge in [0.05, 0.1) is 17.8 Å². The number of rotatable bonds is 3. The minimum absolute atomic E-state index is 0.255. The number of hydrogen-bond donors (Lipinski definition) is 1. The van der Waals surface area contributed by atoms with Crippen LogP contribution < -0.4 is 0 Å². The Labute approximate surface area is 139 Å². The van der Waals surface area contributed by atoms with Gasteiger partial charge in [-0.2, -0.15) is 5.10 Å². The van der Waals surface area contributed by atoms with Crippen LogP contribution in [0.5, 0.6) is 0 Å². The second-order valence-electron chi connectivity index (χ2n) is 5.66. The smallest absolute Gasteiger partial charge is 0.199 e. The van der Waals surface area contributed by atoms with Gasteiger partial charge in [0, 0.05) is 25.7 Å². The minimum atomic E-state index is -0.255. The van der Waals surface area contributed by atoms with Crippen molar-refractivity contribution in [2.75, 3.05) is 13.1 Å². The number of likely N-dealkylation sites (tertiary alicyclic amines) is 1. The molecule has 1 saturated heterocycles. The zero-order chi connectivity index (χ0) is 15.7. The molecule has 3 rings (SSSR count). The van der Waals surface area contributed by atoms with E-state index in [0.29, 0.717) is 23.0 Å². The number of β-amino-alcohol motifs (C(OH)–C–C–N with tert-alkyl or cyclic N) is 1. The minimum Gasteiger partial charge on any atom is -0.392 e. The molecule has 7 heteroatoms. The fraction of sp³-hybridized carbons (Fsp3) is 0.467. The van der Waals surface area contributed by atoms with Gasteiger partial charge in [0.15, 0.2) is 10.6 Å². The number of benzene rings is 1. The summed E-state index contributed by atoms with van der Waals surface area (Å²) in [4.78, 5) is 2.17. The summed E-state index contributed by atoms with van der Waals surface area (Å²) in [7, 11) is 1.90. The highest BCUT2D eigenvalue weighted by atomic mass is 35.5. The van der Waals surface area contributed by atoms with Gasteiger partial charge < -0.3 is 9.67 Å². The summed E-state index contributed by atoms with van der Waals surface area (Å²) in [6.07, 6.45) is 1.61. The first-order valence-electron chi connectivity index (χ1n) is 7.35. The van der Waals surface area contributed by atoms with E-state index in [4.69, 9.17) is 23.8 Å². The summed E-state index contributed by atoms with van der Waals surface area (Å²) in [6, 6.07) is 7.62. The first-order valence-corrected chi connectivity index (χ1v) is 8.14. The number of piperidine rings is 1. The Bertz CT molecular complexity index is 727. The summed E-state index contributed by atoms with van der Waals surface area (Å²) >= 11 is 11.7. The molecule has 2 aromatic rings. The van der Waals surface area contributed by atoms with E-state index in [1.54, 1.807) is 4.68 Å². The largest absolute Gasteiger partial charge is 0.392 e. The van der Waals surface area contributed by atoms with Crippen molar-refractivity contribution in [3.05, 3.63) is 34.1 Å². The zero-order valence-electron chi connectivity index (χ0n) is 12.4. The molecule has 0 bridgehead atoms. The summed E-state index contributed by atoms with van der Waals surface area (Å²) in [5, 5.41) is 15.1. The van der Waals surface area contributed by atoms with Gasteiger partial charge in [-0.3, -0.25) is 4.90 Å². The second kappa shape index (κ2) is 6.50. The van der Waals surface area contributed by atoms with Crippen LogP contribution in [0.3, 0.4) is 0 Å². The Morgan fingerprint density at radius 2 is 2.18 bits per heavy atom. The van der Waals surface area contributed by atoms with Crippen LogP contribution in [0.1, 0.15) is 12.8 Å². The predicted octanol–water partition coefficient (Wildman–Crippen LogP) is 2.69. The number of nitrogens with zero attached hydrogens (tertiary/aromatic N) is 4. The van der Waals surface area contributed by atoms with Gasteiger partial charge in [-0.25, -0.2) is 4.68 Å². The summed E-state index contributed by atoms with van der Waals surface area (Å²) in [5.74, 6) is 0.758. The number of aliphatic hydroxyl groups is 1. The summed E-state index contributed by atoms with van der Waals surface area (Å²) in [5.41, 5.74) is 0.871. The van der Waals surface area contributed by atoms with Crippen molar-refractivity contribution in [3.63, 3.8) is 0 Å². The molecule has 1 aliphatic heterocycles. The van der Waals surface area contributed by atoms with Crippen molar-refractivity contribution in [1.82, 2.24) is 19.2 Å². The highest BCUT2D eigenvalue weighted by Gasteiger charge is 2.19. The van der Waals surface area contributed by atoms with E-state index in [2.05, 4.69) is 10.00 Å². The molecule has 1 aromatic heterocycles. The Morgan fingerprint density at radius 3 is 2.91 bits per heavy atom. The molecule has 22 heavy (non-hydrogen) atoms. The van der Waals surface area contributed by atoms with Crippen molar-refractivity contribution in [3.8, 4) is 11.4 Å². The molecule has 1 fully saturated rings. The van der Waals surface area contributed by atoms with E-state index in [9.17, 15) is 5.11 Å². The van der Waals surface area contributed by atoms with Crippen LogP contribution in [0.4, 0.5) is 0 Å². The van der Waals surface area contributed by atoms with Crippen LogP contribution in [0, 0.1) is 4.77 Å². The van der Waals surface area contributed by atoms with E-state index >= 15 is 0 Å². The molecular formula is C15H19ClN4OS. The number of aromatic nitrogens is 3. The first kappa shape index (κ1) is 15.7. The van der Waals surface area contributed by atoms with Gasteiger partial charge in [-0.15, -0.1) is 0 Å². The summed E-state index contributed by atoms with van der Waals surface area (Å²) in [6.45, 7) is 2.21. The fourth-order valence-corrected chi connectivity index (χ4v) is 3.21. The first-order chi connectivity index (χ1) is 10.6. The Kier molecular flexibility index (Phi) is 4.63. The highest BCUT2D eigenvalue weighted by Crippen LogP contribution is 2.26. The molecule has 1 N–H and O–H groups in total. The van der Waals surface area contributed by atoms with E-state index in [0.717, 1.165) is 30.8 Å². The fourth-order valence-electron chi connectivity index (χ4n) is 2.81. The lowest BCUT2D eigenvalue weighted by atomic mass is 10.1. The van der Waals surface area contributed by atoms with E-state index in [-0.39, 0.29) is 6.10 Å². The van der Waals surface area contributed by atoms with Crippen molar-refractivity contribution in [2.24, 2.45) is 7.05 Å². The lowest BCUT2D eigenvalue weighted by molar-refractivity contribution is 0.0513. The van der Waals surface area contributed by atoms with Gasteiger partial charge in [0.1, 0.15) is 0 Å². The van der Waals surface area contributed by atoms with Crippen LogP contribution >= 0.6 is 23.8 Å². The quantitative estimate of drug-likeness (QED) is 0.874. The van der Waals surface area contributed by atoms with Gasteiger partial charge >= 0.3 is 0 Å². The van der Waals surface area contributed by atoms with Gasteiger partial charge in [0.2, 0.25) is 0 Å². The molecule has 1 aliphatic rings. The molecule has 0 unspecified atom stereocenters. The molecule has 0 amide bonds. The maximum atomic E-state index is 9.78. The monoisotopic (exact) mass is 338 g/mol. The predicted molar refractivity (Wildman–Crippen MR) is 89.3 cm³/mol. The summed E-state index contributed by atoms with van der Waals surface area (Å²) < 4.78 is 4.32. The number of hydrogen-bond acceptors (Lipinski definition) is 4. The van der Waals surface area contributed by atoms with E-state index < -0.39 is 0 Å². The molecule has 118 valence electrons. The van der Waals surface area contributed by atoms with Gasteiger partial charge in [-0.05, 0) is 37.2 Å². The SMILES string of the molecule is Cn1c(-c2ccccc2Cl)nn(CN2CCC[C@@H](O)C2)c1=S. The third kappa shape index (κ3) is 3.10. The molecule has 1 aromatic carbocycles. The van der Waals surface area contributed by atoms with Crippen LogP contribution in [-0.4, -0.2) is 43.5 Å². The molecular weight excluding hydrogens is 320 g/mol. The average molecular weight is 339 g/mol. The maximum Gasteiger partial charge on any atom is 0.199 e. The van der Waals surface area contributed by atoms with Gasteiger partial charge in [0.25, 0.3) is 0 Å². The Morgan fingerprint density at radius 1 is 1.41 bits per heavy atom. The topological polar surface area (TPSA) is 46.2 Å². The van der Waals surface area contributed by atoms with Crippen LogP contribution in [0.15, 0.2) is 24.3 Å². The molecule has 5 nitrogen and oxygen atoms in total. The van der Waals surface area contributed by atoms with Crippen LogP contribution in [0.2, 0.25) is 5.02 Å². The van der Waals surface area contributed by atoms with Crippen molar-refractivity contribution in [2.45, 2.75) is 25.6 Å². The number of aliphatic hydroxyl groups excluding tert-OH is 1. The van der Waals surface area contributed by atoms with E-state index in [1.165, 1.54) is 0 Å². The molecule has 1 atom stereocenters. The lowest BCUT2D eigenvalue weighted by Crippen LogP contribution is -2.39. The third-order valence-corrected chi connectivity index (χ3v) is 4.78. The van der Waals surface area contributed by atoms with Gasteiger partial charge in [-0.1, -0.05) is 23.7 Å². The average Bonchev–Trinajstić information content (AvgIpc) is 2.76. The molecule has 0 aliphatic carbocycles. The third-order valence-electron chi connectivity index (χ3n) is 3.97. The highest BCUT2D eigenvalue weighted by molar-refractivity contribution is 7.71. The van der Waals surface area contributed by atoms with Crippen molar-refractivity contribution < 1.29 is 5.11 Å². The molecule has 0 spiro atoms. The van der Waals surface area contributed by atoms with Crippen LogP contribution in [-0.2, 0) is 13.7 Å². The second-order valence-corrected chi connectivity index (χ2v) is 6.43. The number of halogens is 1. The maximum absolute atomic E-state index is 9.78. The lowest BCUT2D eigenvalue weighted by Gasteiger charge is -2.29. The van der Waals surface area contributed by atoms with E-state index in [1.807, 2.05) is 35.9 Å². The molecule has 0 radical (unpaired) electrons. The standard InChI is InChI=1S/C15H19ClN4OS/c1-18-14(12-6-2-3-7-13(12)16)17-20(15(18)22)10-19-8-4-5-11(21)9-19/h2-3,6-7,11,21H,4-5,8-10H2,1H3/t11-/m1/s1. The van der Waals surface area contributed by atoms with Crippen molar-refractivity contribution >= 4 is 23.8 Å². The molecule has 0 saturated carbocycles. The Hall–Kier alpha value is -1.21.